The molecule has 35 heavy (non-hydrogen) atoms. The second-order valence-electron chi connectivity index (χ2n) is 8.89. The SMILES string of the molecule is Cc1ccc(S(=O)(=O)N2CCc3c(CCOCc4ccccc4)ccc(-c4ccccc4)c32)cc1. The first-order valence-electron chi connectivity index (χ1n) is 12.0. The number of hydrogen-bond donors (Lipinski definition) is 0. The first-order valence-corrected chi connectivity index (χ1v) is 13.4. The Labute approximate surface area is 207 Å². The standard InChI is InChI=1S/C30H29NO3S/c1-23-12-15-27(16-13-23)35(32,33)31-20-18-29-26(19-21-34-22-24-8-4-2-5-9-24)14-17-28(30(29)31)25-10-6-3-7-11-25/h2-17H,18-22H2,1H3. The van der Waals surface area contributed by atoms with Gasteiger partial charge in [-0.3, -0.25) is 4.31 Å². The van der Waals surface area contributed by atoms with Gasteiger partial charge in [0, 0.05) is 12.1 Å². The average Bonchev–Trinajstić information content (AvgIpc) is 3.35. The normalized spacial score (nSPS) is 13.1. The highest BCUT2D eigenvalue weighted by Gasteiger charge is 2.34. The highest BCUT2D eigenvalue weighted by molar-refractivity contribution is 7.92. The Kier molecular flexibility index (Phi) is 6.71. The molecular formula is C30H29NO3S. The Morgan fingerprint density at radius 3 is 2.23 bits per heavy atom. The fourth-order valence-corrected chi connectivity index (χ4v) is 6.19. The lowest BCUT2D eigenvalue weighted by Gasteiger charge is -2.23. The van der Waals surface area contributed by atoms with E-state index < -0.39 is 10.0 Å². The number of ether oxygens (including phenoxy) is 1. The lowest BCUT2D eigenvalue weighted by atomic mass is 9.95. The van der Waals surface area contributed by atoms with E-state index >= 15 is 0 Å². The van der Waals surface area contributed by atoms with Crippen LogP contribution < -0.4 is 4.31 Å². The largest absolute Gasteiger partial charge is 0.376 e. The average molecular weight is 484 g/mol. The zero-order chi connectivity index (χ0) is 24.3. The van der Waals surface area contributed by atoms with Crippen molar-refractivity contribution in [2.45, 2.75) is 31.3 Å². The minimum Gasteiger partial charge on any atom is -0.376 e. The second-order valence-corrected chi connectivity index (χ2v) is 10.8. The highest BCUT2D eigenvalue weighted by Crippen LogP contribution is 2.42. The van der Waals surface area contributed by atoms with E-state index in [1.54, 1.807) is 16.4 Å². The van der Waals surface area contributed by atoms with Crippen LogP contribution in [0.25, 0.3) is 11.1 Å². The number of sulfonamides is 1. The second kappa shape index (κ2) is 10.1. The molecule has 0 saturated carbocycles. The molecule has 0 aliphatic carbocycles. The zero-order valence-corrected chi connectivity index (χ0v) is 20.7. The van der Waals surface area contributed by atoms with E-state index in [1.807, 2.05) is 67.6 Å². The fourth-order valence-electron chi connectivity index (χ4n) is 4.68. The van der Waals surface area contributed by atoms with Crippen LogP contribution >= 0.6 is 0 Å². The van der Waals surface area contributed by atoms with Crippen LogP contribution in [0.3, 0.4) is 0 Å². The van der Waals surface area contributed by atoms with Crippen molar-refractivity contribution in [1.82, 2.24) is 0 Å². The van der Waals surface area contributed by atoms with Crippen molar-refractivity contribution in [2.75, 3.05) is 17.5 Å². The molecular weight excluding hydrogens is 454 g/mol. The van der Waals surface area contributed by atoms with E-state index in [-0.39, 0.29) is 0 Å². The summed E-state index contributed by atoms with van der Waals surface area (Å²) in [4.78, 5) is 0.326. The number of fused-ring (bicyclic) bond motifs is 1. The molecule has 4 aromatic carbocycles. The molecule has 0 fully saturated rings. The van der Waals surface area contributed by atoms with E-state index in [0.717, 1.165) is 45.5 Å². The van der Waals surface area contributed by atoms with Gasteiger partial charge in [0.05, 0.1) is 23.8 Å². The number of rotatable bonds is 8. The lowest BCUT2D eigenvalue weighted by molar-refractivity contribution is 0.124. The molecule has 4 nitrogen and oxygen atoms in total. The number of hydrogen-bond acceptors (Lipinski definition) is 3. The van der Waals surface area contributed by atoms with Gasteiger partial charge in [0.15, 0.2) is 0 Å². The molecule has 0 amide bonds. The highest BCUT2D eigenvalue weighted by atomic mass is 32.2. The Bertz CT molecular complexity index is 1400. The monoisotopic (exact) mass is 483 g/mol. The number of aryl methyl sites for hydroxylation is 1. The van der Waals surface area contributed by atoms with Crippen molar-refractivity contribution in [2.24, 2.45) is 0 Å². The molecule has 0 radical (unpaired) electrons. The summed E-state index contributed by atoms with van der Waals surface area (Å²) < 4.78 is 35.0. The summed E-state index contributed by atoms with van der Waals surface area (Å²) in [6.45, 7) is 3.55. The predicted octanol–water partition coefficient (Wildman–Crippen LogP) is 6.17. The van der Waals surface area contributed by atoms with Crippen LogP contribution in [0.2, 0.25) is 0 Å². The molecule has 0 atom stereocenters. The summed E-state index contributed by atoms with van der Waals surface area (Å²) >= 11 is 0. The fraction of sp³-hybridized carbons (Fsp3) is 0.200. The topological polar surface area (TPSA) is 46.6 Å². The van der Waals surface area contributed by atoms with Crippen LogP contribution in [-0.4, -0.2) is 21.6 Å². The summed E-state index contributed by atoms with van der Waals surface area (Å²) in [5.41, 5.74) is 7.20. The molecule has 0 N–H and O–H groups in total. The Morgan fingerprint density at radius 2 is 1.51 bits per heavy atom. The predicted molar refractivity (Wildman–Crippen MR) is 141 cm³/mol. The molecule has 5 rings (SSSR count). The first kappa shape index (κ1) is 23.3. The minimum atomic E-state index is -3.68. The maximum atomic E-state index is 13.7. The van der Waals surface area contributed by atoms with E-state index in [4.69, 9.17) is 4.74 Å². The van der Waals surface area contributed by atoms with E-state index in [9.17, 15) is 8.42 Å². The van der Waals surface area contributed by atoms with Gasteiger partial charge in [-0.05, 0) is 54.2 Å². The van der Waals surface area contributed by atoms with Gasteiger partial charge in [0.2, 0.25) is 0 Å². The summed E-state index contributed by atoms with van der Waals surface area (Å²) in [5.74, 6) is 0. The van der Waals surface area contributed by atoms with Crippen molar-refractivity contribution in [1.29, 1.82) is 0 Å². The summed E-state index contributed by atoms with van der Waals surface area (Å²) in [5, 5.41) is 0. The summed E-state index contributed by atoms with van der Waals surface area (Å²) in [6.07, 6.45) is 1.43. The van der Waals surface area contributed by atoms with E-state index in [1.165, 1.54) is 0 Å². The number of anilines is 1. The van der Waals surface area contributed by atoms with Gasteiger partial charge < -0.3 is 4.74 Å². The molecule has 0 unspecified atom stereocenters. The van der Waals surface area contributed by atoms with Gasteiger partial charge in [-0.1, -0.05) is 90.5 Å². The Hall–Kier alpha value is -3.41. The van der Waals surface area contributed by atoms with Crippen LogP contribution in [0.4, 0.5) is 5.69 Å². The van der Waals surface area contributed by atoms with Crippen LogP contribution in [0, 0.1) is 6.92 Å². The number of benzene rings is 4. The maximum Gasteiger partial charge on any atom is 0.264 e. The van der Waals surface area contributed by atoms with Gasteiger partial charge in [-0.2, -0.15) is 0 Å². The summed E-state index contributed by atoms with van der Waals surface area (Å²) in [7, 11) is -3.68. The van der Waals surface area contributed by atoms with Crippen LogP contribution in [0.5, 0.6) is 0 Å². The zero-order valence-electron chi connectivity index (χ0n) is 19.9. The van der Waals surface area contributed by atoms with Crippen molar-refractivity contribution in [3.63, 3.8) is 0 Å². The molecule has 1 heterocycles. The van der Waals surface area contributed by atoms with Gasteiger partial charge in [0.25, 0.3) is 10.0 Å². The molecule has 178 valence electrons. The molecule has 1 aliphatic rings. The van der Waals surface area contributed by atoms with Crippen LogP contribution in [-0.2, 0) is 34.2 Å². The molecule has 4 aromatic rings. The third-order valence-corrected chi connectivity index (χ3v) is 8.33. The van der Waals surface area contributed by atoms with E-state index in [0.29, 0.717) is 31.1 Å². The third-order valence-electron chi connectivity index (χ3n) is 6.52. The summed E-state index contributed by atoms with van der Waals surface area (Å²) in [6, 6.07) is 31.4. The van der Waals surface area contributed by atoms with Crippen LogP contribution in [0.15, 0.2) is 102 Å². The van der Waals surface area contributed by atoms with Gasteiger partial charge in [0.1, 0.15) is 0 Å². The van der Waals surface area contributed by atoms with E-state index in [2.05, 4.69) is 24.3 Å². The van der Waals surface area contributed by atoms with Crippen molar-refractivity contribution < 1.29 is 13.2 Å². The maximum absolute atomic E-state index is 13.7. The quantitative estimate of drug-likeness (QED) is 0.282. The molecule has 0 saturated heterocycles. The Morgan fingerprint density at radius 1 is 0.829 bits per heavy atom. The Balaban J connectivity index is 1.47. The van der Waals surface area contributed by atoms with Gasteiger partial charge >= 0.3 is 0 Å². The van der Waals surface area contributed by atoms with Crippen molar-refractivity contribution in [3.8, 4) is 11.1 Å². The molecule has 0 spiro atoms. The molecule has 1 aliphatic heterocycles. The molecule has 0 aromatic heterocycles. The van der Waals surface area contributed by atoms with Gasteiger partial charge in [-0.25, -0.2) is 8.42 Å². The first-order chi connectivity index (χ1) is 17.0. The van der Waals surface area contributed by atoms with Crippen molar-refractivity contribution >= 4 is 15.7 Å². The van der Waals surface area contributed by atoms with Crippen LogP contribution in [0.1, 0.15) is 22.3 Å². The smallest absolute Gasteiger partial charge is 0.264 e. The molecule has 0 bridgehead atoms. The lowest BCUT2D eigenvalue weighted by Crippen LogP contribution is -2.29. The van der Waals surface area contributed by atoms with Crippen molar-refractivity contribution in [3.05, 3.63) is 119 Å². The third kappa shape index (κ3) is 4.88. The minimum absolute atomic E-state index is 0.326. The molecule has 5 heteroatoms. The number of nitrogens with zero attached hydrogens (tertiary/aromatic N) is 1. The van der Waals surface area contributed by atoms with Gasteiger partial charge in [-0.15, -0.1) is 0 Å².